The quantitative estimate of drug-likeness (QED) is 0.779. The lowest BCUT2D eigenvalue weighted by Crippen LogP contribution is -2.28. The molecule has 1 aromatic rings. The Morgan fingerprint density at radius 3 is 2.88 bits per heavy atom. The van der Waals surface area contributed by atoms with Crippen LogP contribution >= 0.6 is 0 Å². The van der Waals surface area contributed by atoms with Crippen LogP contribution in [0.4, 0.5) is 0 Å². The van der Waals surface area contributed by atoms with E-state index < -0.39 is 10.8 Å². The summed E-state index contributed by atoms with van der Waals surface area (Å²) in [6.07, 6.45) is 0.513. The number of nitrogens with two attached hydrogens (primary N) is 1. The molecule has 0 aliphatic heterocycles. The molecule has 90 valence electrons. The van der Waals surface area contributed by atoms with Gasteiger partial charge in [-0.25, -0.2) is 0 Å². The molecule has 3 N–H and O–H groups in total. The summed E-state index contributed by atoms with van der Waals surface area (Å²) in [7, 11) is -0.947. The molecule has 0 fully saturated rings. The fourth-order valence-corrected chi connectivity index (χ4v) is 2.85. The largest absolute Gasteiger partial charge is 0.396 e. The molecule has 2 unspecified atom stereocenters. The van der Waals surface area contributed by atoms with Crippen LogP contribution in [0.5, 0.6) is 0 Å². The summed E-state index contributed by atoms with van der Waals surface area (Å²) in [5.41, 5.74) is 7.97. The van der Waals surface area contributed by atoms with Crippen LogP contribution in [-0.2, 0) is 16.6 Å². The Morgan fingerprint density at radius 2 is 2.25 bits per heavy atom. The van der Waals surface area contributed by atoms with E-state index in [-0.39, 0.29) is 12.6 Å². The number of benzene rings is 1. The molecule has 1 aromatic carbocycles. The van der Waals surface area contributed by atoms with Crippen molar-refractivity contribution < 1.29 is 9.32 Å². The van der Waals surface area contributed by atoms with E-state index in [1.165, 1.54) is 5.56 Å². The topological polar surface area (TPSA) is 63.3 Å². The minimum atomic E-state index is -0.947. The average molecular weight is 241 g/mol. The van der Waals surface area contributed by atoms with E-state index in [2.05, 4.69) is 0 Å². The van der Waals surface area contributed by atoms with Gasteiger partial charge in [-0.15, -0.1) is 0 Å². The molecule has 0 bridgehead atoms. The maximum Gasteiger partial charge on any atom is 0.0486 e. The summed E-state index contributed by atoms with van der Waals surface area (Å²) in [5, 5.41) is 8.70. The van der Waals surface area contributed by atoms with Gasteiger partial charge in [-0.3, -0.25) is 4.21 Å². The first kappa shape index (κ1) is 13.4. The first-order chi connectivity index (χ1) is 7.61. The molecule has 1 rings (SSSR count). The molecule has 0 heterocycles. The molecule has 3 nitrogen and oxygen atoms in total. The van der Waals surface area contributed by atoms with E-state index in [1.54, 1.807) is 0 Å². The number of hydrogen-bond donors (Lipinski definition) is 2. The second-order valence-corrected chi connectivity index (χ2v) is 5.51. The zero-order valence-corrected chi connectivity index (χ0v) is 10.4. The molecule has 0 spiro atoms. The van der Waals surface area contributed by atoms with Crippen LogP contribution < -0.4 is 5.73 Å². The van der Waals surface area contributed by atoms with Crippen molar-refractivity contribution in [2.24, 2.45) is 5.73 Å². The maximum absolute atomic E-state index is 11.8. The fraction of sp³-hybridized carbons (Fsp3) is 0.500. The lowest BCUT2D eigenvalue weighted by atomic mass is 10.2. The standard InChI is InChI=1S/C12H19NO2S/c1-10-3-2-4-11(7-10)8-16(15)9-12(13)5-6-14/h2-4,7,12,14H,5-6,8-9,13H2,1H3. The molecule has 0 aliphatic rings. The molecule has 4 heteroatoms. The Kier molecular flexibility index (Phi) is 5.66. The Balaban J connectivity index is 2.45. The van der Waals surface area contributed by atoms with Gasteiger partial charge in [-0.1, -0.05) is 29.8 Å². The van der Waals surface area contributed by atoms with Crippen molar-refractivity contribution >= 4 is 10.8 Å². The van der Waals surface area contributed by atoms with Gasteiger partial charge in [0.15, 0.2) is 0 Å². The lowest BCUT2D eigenvalue weighted by molar-refractivity contribution is 0.279. The number of aliphatic hydroxyl groups excluding tert-OH is 1. The molecule has 0 saturated carbocycles. The zero-order valence-electron chi connectivity index (χ0n) is 9.56. The second-order valence-electron chi connectivity index (χ2n) is 4.01. The number of aryl methyl sites for hydroxylation is 1. The number of hydrogen-bond acceptors (Lipinski definition) is 3. The first-order valence-corrected chi connectivity index (χ1v) is 6.87. The van der Waals surface area contributed by atoms with Crippen molar-refractivity contribution in [2.75, 3.05) is 12.4 Å². The smallest absolute Gasteiger partial charge is 0.0486 e. The zero-order chi connectivity index (χ0) is 12.0. The van der Waals surface area contributed by atoms with Crippen LogP contribution in [0.2, 0.25) is 0 Å². The summed E-state index contributed by atoms with van der Waals surface area (Å²) in [6, 6.07) is 7.83. The van der Waals surface area contributed by atoms with Gasteiger partial charge < -0.3 is 10.8 Å². The fourth-order valence-electron chi connectivity index (χ4n) is 1.53. The molecule has 0 radical (unpaired) electrons. The maximum atomic E-state index is 11.8. The van der Waals surface area contributed by atoms with Gasteiger partial charge in [0, 0.05) is 35.0 Å². The van der Waals surface area contributed by atoms with E-state index >= 15 is 0 Å². The Labute approximate surface area is 99.1 Å². The van der Waals surface area contributed by atoms with Crippen LogP contribution in [0.25, 0.3) is 0 Å². The van der Waals surface area contributed by atoms with Crippen molar-refractivity contribution in [2.45, 2.75) is 25.1 Å². The predicted molar refractivity (Wildman–Crippen MR) is 67.6 cm³/mol. The highest BCUT2D eigenvalue weighted by Crippen LogP contribution is 2.07. The summed E-state index contributed by atoms with van der Waals surface area (Å²) in [6.45, 7) is 2.08. The summed E-state index contributed by atoms with van der Waals surface area (Å²) in [5.74, 6) is 0.995. The van der Waals surface area contributed by atoms with Crippen LogP contribution in [0.3, 0.4) is 0 Å². The second kappa shape index (κ2) is 6.78. The number of rotatable bonds is 6. The van der Waals surface area contributed by atoms with Crippen molar-refractivity contribution in [1.82, 2.24) is 0 Å². The first-order valence-electron chi connectivity index (χ1n) is 5.38. The van der Waals surface area contributed by atoms with Gasteiger partial charge in [0.1, 0.15) is 0 Å². The minimum absolute atomic E-state index is 0.0583. The van der Waals surface area contributed by atoms with Gasteiger partial charge in [0.05, 0.1) is 0 Å². The summed E-state index contributed by atoms with van der Waals surface area (Å²) >= 11 is 0. The van der Waals surface area contributed by atoms with Crippen molar-refractivity contribution in [1.29, 1.82) is 0 Å². The highest BCUT2D eigenvalue weighted by atomic mass is 32.2. The summed E-state index contributed by atoms with van der Waals surface area (Å²) < 4.78 is 11.8. The Bertz CT molecular complexity index is 355. The third-order valence-corrected chi connectivity index (χ3v) is 3.77. The van der Waals surface area contributed by atoms with Gasteiger partial charge in [0.2, 0.25) is 0 Å². The highest BCUT2D eigenvalue weighted by molar-refractivity contribution is 7.84. The highest BCUT2D eigenvalue weighted by Gasteiger charge is 2.08. The van der Waals surface area contributed by atoms with Crippen molar-refractivity contribution in [3.05, 3.63) is 35.4 Å². The van der Waals surface area contributed by atoms with E-state index in [1.807, 2.05) is 31.2 Å². The van der Waals surface area contributed by atoms with Crippen molar-refractivity contribution in [3.8, 4) is 0 Å². The number of aliphatic hydroxyl groups is 1. The van der Waals surface area contributed by atoms with Crippen molar-refractivity contribution in [3.63, 3.8) is 0 Å². The molecular formula is C12H19NO2S. The van der Waals surface area contributed by atoms with Gasteiger partial charge in [-0.05, 0) is 18.9 Å². The molecule has 0 aliphatic carbocycles. The van der Waals surface area contributed by atoms with E-state index in [0.29, 0.717) is 17.9 Å². The average Bonchev–Trinajstić information content (AvgIpc) is 2.17. The Morgan fingerprint density at radius 1 is 1.50 bits per heavy atom. The Hall–Kier alpha value is -0.710. The molecule has 16 heavy (non-hydrogen) atoms. The molecule has 2 atom stereocenters. The molecule has 0 aromatic heterocycles. The van der Waals surface area contributed by atoms with Crippen LogP contribution in [0.1, 0.15) is 17.5 Å². The minimum Gasteiger partial charge on any atom is -0.396 e. The third kappa shape index (κ3) is 4.88. The van der Waals surface area contributed by atoms with Gasteiger partial charge in [-0.2, -0.15) is 0 Å². The lowest BCUT2D eigenvalue weighted by Gasteiger charge is -2.09. The summed E-state index contributed by atoms with van der Waals surface area (Å²) in [4.78, 5) is 0. The predicted octanol–water partition coefficient (Wildman–Crippen LogP) is 0.953. The van der Waals surface area contributed by atoms with E-state index in [0.717, 1.165) is 5.56 Å². The SMILES string of the molecule is Cc1cccc(CS(=O)CC(N)CCO)c1. The third-order valence-electron chi connectivity index (χ3n) is 2.31. The van der Waals surface area contributed by atoms with E-state index in [4.69, 9.17) is 10.8 Å². The molecule has 0 saturated heterocycles. The molecular weight excluding hydrogens is 222 g/mol. The van der Waals surface area contributed by atoms with Crippen LogP contribution in [0.15, 0.2) is 24.3 Å². The monoisotopic (exact) mass is 241 g/mol. The van der Waals surface area contributed by atoms with Gasteiger partial charge in [0.25, 0.3) is 0 Å². The van der Waals surface area contributed by atoms with E-state index in [9.17, 15) is 4.21 Å². The normalized spacial score (nSPS) is 14.7. The van der Waals surface area contributed by atoms with Gasteiger partial charge >= 0.3 is 0 Å². The van der Waals surface area contributed by atoms with Crippen LogP contribution in [0, 0.1) is 6.92 Å². The molecule has 0 amide bonds. The van der Waals surface area contributed by atoms with Crippen LogP contribution in [-0.4, -0.2) is 27.7 Å².